The Morgan fingerprint density at radius 2 is 2.13 bits per heavy atom. The van der Waals surface area contributed by atoms with Gasteiger partial charge in [0.25, 0.3) is 5.91 Å². The fraction of sp³-hybridized carbons (Fsp3) is 0.200. The van der Waals surface area contributed by atoms with Crippen LogP contribution in [0.1, 0.15) is 30.4 Å². The number of amides is 1. The van der Waals surface area contributed by atoms with Gasteiger partial charge in [0, 0.05) is 22.8 Å². The molecule has 1 aromatic carbocycles. The van der Waals surface area contributed by atoms with Crippen LogP contribution in [0, 0.1) is 0 Å². The molecule has 2 aromatic heterocycles. The van der Waals surface area contributed by atoms with Crippen LogP contribution >= 0.6 is 11.6 Å². The quantitative estimate of drug-likeness (QED) is 0.791. The molecule has 0 saturated carbocycles. The lowest BCUT2D eigenvalue weighted by Crippen LogP contribution is -2.19. The van der Waals surface area contributed by atoms with Gasteiger partial charge in [-0.15, -0.1) is 5.10 Å². The zero-order valence-corrected chi connectivity index (χ0v) is 13.3. The predicted octanol–water partition coefficient (Wildman–Crippen LogP) is 3.42. The van der Waals surface area contributed by atoms with E-state index in [0.29, 0.717) is 16.3 Å². The van der Waals surface area contributed by atoms with Crippen molar-refractivity contribution in [2.24, 2.45) is 0 Å². The first-order valence-corrected chi connectivity index (χ1v) is 7.36. The van der Waals surface area contributed by atoms with Gasteiger partial charge in [0.05, 0.1) is 0 Å². The summed E-state index contributed by atoms with van der Waals surface area (Å²) in [5.41, 5.74) is 1.10. The molecule has 7 nitrogen and oxygen atoms in total. The Kier molecular flexibility index (Phi) is 4.12. The fourth-order valence-electron chi connectivity index (χ4n) is 2.08. The second kappa shape index (κ2) is 6.21. The second-order valence-corrected chi connectivity index (χ2v) is 5.57. The molecule has 3 aromatic rings. The number of anilines is 1. The third kappa shape index (κ3) is 3.24. The van der Waals surface area contributed by atoms with E-state index >= 15 is 0 Å². The minimum absolute atomic E-state index is 0.0153. The highest BCUT2D eigenvalue weighted by atomic mass is 35.5. The molecule has 0 aliphatic carbocycles. The van der Waals surface area contributed by atoms with Gasteiger partial charge in [-0.2, -0.15) is 5.10 Å². The minimum atomic E-state index is -0.363. The van der Waals surface area contributed by atoms with Gasteiger partial charge in [0.2, 0.25) is 5.89 Å². The van der Waals surface area contributed by atoms with E-state index in [1.54, 1.807) is 41.2 Å². The maximum absolute atomic E-state index is 12.3. The van der Waals surface area contributed by atoms with Crippen molar-refractivity contribution in [3.8, 4) is 11.5 Å². The third-order valence-corrected chi connectivity index (χ3v) is 3.34. The lowest BCUT2D eigenvalue weighted by atomic mass is 10.2. The molecule has 0 spiro atoms. The number of rotatable bonds is 4. The Hall–Kier alpha value is -2.67. The summed E-state index contributed by atoms with van der Waals surface area (Å²) in [6.45, 7) is 3.88. The van der Waals surface area contributed by atoms with E-state index in [2.05, 4.69) is 20.6 Å². The first-order chi connectivity index (χ1) is 11.0. The van der Waals surface area contributed by atoms with Crippen molar-refractivity contribution in [2.45, 2.75) is 19.9 Å². The van der Waals surface area contributed by atoms with E-state index in [9.17, 15) is 4.79 Å². The average Bonchev–Trinajstić information content (AvgIpc) is 3.16. The normalized spacial score (nSPS) is 11.0. The van der Waals surface area contributed by atoms with Crippen LogP contribution in [-0.4, -0.2) is 25.9 Å². The van der Waals surface area contributed by atoms with Crippen LogP contribution in [0.3, 0.4) is 0 Å². The Labute approximate surface area is 137 Å². The van der Waals surface area contributed by atoms with Crippen molar-refractivity contribution in [3.63, 3.8) is 0 Å². The van der Waals surface area contributed by atoms with Crippen LogP contribution in [0.25, 0.3) is 11.5 Å². The highest BCUT2D eigenvalue weighted by Crippen LogP contribution is 2.23. The van der Waals surface area contributed by atoms with Gasteiger partial charge >= 0.3 is 6.01 Å². The Balaban J connectivity index is 1.79. The summed E-state index contributed by atoms with van der Waals surface area (Å²) >= 11 is 5.93. The maximum Gasteiger partial charge on any atom is 0.322 e. The van der Waals surface area contributed by atoms with E-state index in [4.69, 9.17) is 16.0 Å². The maximum atomic E-state index is 12.3. The number of hydrogen-bond donors (Lipinski definition) is 1. The summed E-state index contributed by atoms with van der Waals surface area (Å²) in [7, 11) is 0. The molecule has 118 valence electrons. The Morgan fingerprint density at radius 1 is 1.30 bits per heavy atom. The zero-order chi connectivity index (χ0) is 16.4. The third-order valence-electron chi connectivity index (χ3n) is 3.11. The highest BCUT2D eigenvalue weighted by molar-refractivity contribution is 6.30. The smallest absolute Gasteiger partial charge is 0.322 e. The summed E-state index contributed by atoms with van der Waals surface area (Å²) in [4.78, 5) is 12.3. The number of aromatic nitrogens is 4. The Bertz CT molecular complexity index is 840. The molecule has 3 rings (SSSR count). The first kappa shape index (κ1) is 15.2. The van der Waals surface area contributed by atoms with Gasteiger partial charge in [-0.1, -0.05) is 22.8 Å². The van der Waals surface area contributed by atoms with Gasteiger partial charge in [0.1, 0.15) is 5.69 Å². The van der Waals surface area contributed by atoms with Gasteiger partial charge in [-0.05, 0) is 38.1 Å². The van der Waals surface area contributed by atoms with Gasteiger partial charge in [-0.25, -0.2) is 0 Å². The molecular formula is C15H14ClN5O2. The first-order valence-electron chi connectivity index (χ1n) is 6.99. The van der Waals surface area contributed by atoms with Crippen LogP contribution < -0.4 is 5.32 Å². The molecule has 2 heterocycles. The summed E-state index contributed by atoms with van der Waals surface area (Å²) in [6.07, 6.45) is 1.57. The van der Waals surface area contributed by atoms with Crippen LogP contribution in [0.15, 0.2) is 40.9 Å². The number of carbonyl (C=O) groups is 1. The SMILES string of the molecule is CC(C)n1nccc1C(=O)Nc1nnc(-c2cccc(Cl)c2)o1. The van der Waals surface area contributed by atoms with Crippen LogP contribution in [-0.2, 0) is 0 Å². The molecule has 0 aliphatic rings. The molecule has 23 heavy (non-hydrogen) atoms. The zero-order valence-electron chi connectivity index (χ0n) is 12.5. The molecular weight excluding hydrogens is 318 g/mol. The van der Waals surface area contributed by atoms with E-state index in [-0.39, 0.29) is 23.9 Å². The molecule has 0 saturated heterocycles. The van der Waals surface area contributed by atoms with Crippen LogP contribution in [0.4, 0.5) is 6.01 Å². The molecule has 1 N–H and O–H groups in total. The molecule has 0 bridgehead atoms. The van der Waals surface area contributed by atoms with Crippen molar-refractivity contribution in [2.75, 3.05) is 5.32 Å². The Morgan fingerprint density at radius 3 is 2.87 bits per heavy atom. The van der Waals surface area contributed by atoms with Crippen LogP contribution in [0.2, 0.25) is 5.02 Å². The topological polar surface area (TPSA) is 85.8 Å². The van der Waals surface area contributed by atoms with Gasteiger partial charge in [0.15, 0.2) is 0 Å². The number of nitrogens with one attached hydrogen (secondary N) is 1. The highest BCUT2D eigenvalue weighted by Gasteiger charge is 2.17. The van der Waals surface area contributed by atoms with Crippen LogP contribution in [0.5, 0.6) is 0 Å². The van der Waals surface area contributed by atoms with Crippen molar-refractivity contribution in [1.82, 2.24) is 20.0 Å². The van der Waals surface area contributed by atoms with E-state index in [1.807, 2.05) is 13.8 Å². The summed E-state index contributed by atoms with van der Waals surface area (Å²) in [5, 5.41) is 15.0. The van der Waals surface area contributed by atoms with Crippen molar-refractivity contribution in [3.05, 3.63) is 47.2 Å². The largest absolute Gasteiger partial charge is 0.403 e. The van der Waals surface area contributed by atoms with Crippen molar-refractivity contribution < 1.29 is 9.21 Å². The summed E-state index contributed by atoms with van der Waals surface area (Å²) < 4.78 is 7.07. The number of halogens is 1. The molecule has 0 fully saturated rings. The van der Waals surface area contributed by atoms with Crippen molar-refractivity contribution in [1.29, 1.82) is 0 Å². The fourth-order valence-corrected chi connectivity index (χ4v) is 2.27. The molecule has 0 unspecified atom stereocenters. The van der Waals surface area contributed by atoms with E-state index < -0.39 is 0 Å². The van der Waals surface area contributed by atoms with E-state index in [1.165, 1.54) is 0 Å². The molecule has 0 atom stereocenters. The van der Waals surface area contributed by atoms with Gasteiger partial charge < -0.3 is 4.42 Å². The molecule has 0 aliphatic heterocycles. The van der Waals surface area contributed by atoms with Gasteiger partial charge in [-0.3, -0.25) is 14.8 Å². The number of benzene rings is 1. The lowest BCUT2D eigenvalue weighted by Gasteiger charge is -2.09. The standard InChI is InChI=1S/C15H14ClN5O2/c1-9(2)21-12(6-7-17-21)13(22)18-15-20-19-14(23-15)10-4-3-5-11(16)8-10/h3-9H,1-2H3,(H,18,20,22). The summed E-state index contributed by atoms with van der Waals surface area (Å²) in [5.74, 6) is -0.0855. The number of nitrogens with zero attached hydrogens (tertiary/aromatic N) is 4. The lowest BCUT2D eigenvalue weighted by molar-refractivity contribution is 0.101. The predicted molar refractivity (Wildman–Crippen MR) is 85.3 cm³/mol. The average molecular weight is 332 g/mol. The number of hydrogen-bond acceptors (Lipinski definition) is 5. The monoisotopic (exact) mass is 331 g/mol. The van der Waals surface area contributed by atoms with E-state index in [0.717, 1.165) is 0 Å². The minimum Gasteiger partial charge on any atom is -0.403 e. The number of carbonyl (C=O) groups excluding carboxylic acids is 1. The van der Waals surface area contributed by atoms with Crippen molar-refractivity contribution >= 4 is 23.5 Å². The molecule has 0 radical (unpaired) electrons. The molecule has 1 amide bonds. The summed E-state index contributed by atoms with van der Waals surface area (Å²) in [6, 6.07) is 8.73. The molecule has 8 heteroatoms. The second-order valence-electron chi connectivity index (χ2n) is 5.13.